The molecule has 8 aromatic rings. The van der Waals surface area contributed by atoms with Crippen LogP contribution in [0.15, 0.2) is 108 Å². The quantitative estimate of drug-likeness (QED) is 0.174. The van der Waals surface area contributed by atoms with Crippen molar-refractivity contribution in [2.24, 2.45) is 0 Å². The highest BCUT2D eigenvalue weighted by molar-refractivity contribution is 7.90. The largest absolute Gasteiger partial charge is 0.340 e. The SMILES string of the molecule is CCCCCCn1c2ccccc2c2cc3sc4cc5c(cc4c3cc21)c1ccccc1n5S(=O)(=O)c1ccccc1. The molecule has 0 bridgehead atoms. The molecule has 0 saturated carbocycles. The van der Waals surface area contributed by atoms with E-state index < -0.39 is 10.0 Å². The predicted molar refractivity (Wildman–Crippen MR) is 179 cm³/mol. The maximum atomic E-state index is 14.0. The monoisotopic (exact) mass is 586 g/mol. The van der Waals surface area contributed by atoms with E-state index in [-0.39, 0.29) is 0 Å². The summed E-state index contributed by atoms with van der Waals surface area (Å²) in [6.07, 6.45) is 4.90. The lowest BCUT2D eigenvalue weighted by Crippen LogP contribution is -2.12. The van der Waals surface area contributed by atoms with Crippen LogP contribution in [0, 0.1) is 0 Å². The number of benzene rings is 5. The molecule has 42 heavy (non-hydrogen) atoms. The topological polar surface area (TPSA) is 44.0 Å². The van der Waals surface area contributed by atoms with Gasteiger partial charge in [-0.1, -0.05) is 80.8 Å². The Labute approximate surface area is 248 Å². The molecule has 6 heteroatoms. The van der Waals surface area contributed by atoms with Crippen molar-refractivity contribution in [2.75, 3.05) is 0 Å². The number of rotatable bonds is 7. The molecule has 3 heterocycles. The van der Waals surface area contributed by atoms with E-state index in [1.54, 1.807) is 35.6 Å². The second-order valence-electron chi connectivity index (χ2n) is 11.2. The molecule has 3 aromatic heterocycles. The maximum absolute atomic E-state index is 14.0. The first-order chi connectivity index (χ1) is 20.6. The van der Waals surface area contributed by atoms with Gasteiger partial charge in [-0.3, -0.25) is 0 Å². The zero-order valence-electron chi connectivity index (χ0n) is 23.4. The highest BCUT2D eigenvalue weighted by atomic mass is 32.2. The molecule has 5 aromatic carbocycles. The lowest BCUT2D eigenvalue weighted by Gasteiger charge is -2.09. The van der Waals surface area contributed by atoms with E-state index in [9.17, 15) is 8.42 Å². The van der Waals surface area contributed by atoms with Crippen LogP contribution in [-0.4, -0.2) is 17.0 Å². The average Bonchev–Trinajstić information content (AvgIpc) is 3.64. The maximum Gasteiger partial charge on any atom is 0.268 e. The molecule has 0 aliphatic carbocycles. The predicted octanol–water partition coefficient (Wildman–Crippen LogP) is 10.1. The molecule has 8 rings (SSSR count). The Morgan fingerprint density at radius 2 is 1.21 bits per heavy atom. The highest BCUT2D eigenvalue weighted by Crippen LogP contribution is 2.43. The summed E-state index contributed by atoms with van der Waals surface area (Å²) in [6.45, 7) is 3.26. The summed E-state index contributed by atoms with van der Waals surface area (Å²) in [6, 6.07) is 34.3. The molecule has 0 unspecified atom stereocenters. The van der Waals surface area contributed by atoms with Gasteiger partial charge in [0.25, 0.3) is 10.0 Å². The van der Waals surface area contributed by atoms with Crippen LogP contribution in [0.3, 0.4) is 0 Å². The second kappa shape index (κ2) is 9.72. The summed E-state index contributed by atoms with van der Waals surface area (Å²) >= 11 is 1.74. The van der Waals surface area contributed by atoms with Gasteiger partial charge < -0.3 is 4.57 Å². The normalized spacial score (nSPS) is 12.6. The Kier molecular flexibility index (Phi) is 5.92. The lowest BCUT2D eigenvalue weighted by molar-refractivity contribution is 0.590. The van der Waals surface area contributed by atoms with Crippen LogP contribution in [0.25, 0.3) is 63.8 Å². The van der Waals surface area contributed by atoms with Gasteiger partial charge in [0.1, 0.15) is 0 Å². The first-order valence-corrected chi connectivity index (χ1v) is 16.9. The van der Waals surface area contributed by atoms with Crippen molar-refractivity contribution in [2.45, 2.75) is 44.0 Å². The molecular weight excluding hydrogens is 557 g/mol. The molecule has 0 spiro atoms. The van der Waals surface area contributed by atoms with Gasteiger partial charge in [0.15, 0.2) is 0 Å². The van der Waals surface area contributed by atoms with Gasteiger partial charge in [-0.15, -0.1) is 11.3 Å². The Hall–Kier alpha value is -4.13. The molecule has 0 N–H and O–H groups in total. The van der Waals surface area contributed by atoms with E-state index in [1.165, 1.54) is 66.9 Å². The first-order valence-electron chi connectivity index (χ1n) is 14.7. The minimum atomic E-state index is -3.80. The van der Waals surface area contributed by atoms with Gasteiger partial charge >= 0.3 is 0 Å². The Bertz CT molecular complexity index is 2410. The molecule has 0 aliphatic heterocycles. The van der Waals surface area contributed by atoms with Gasteiger partial charge in [-0.05, 0) is 55.0 Å². The van der Waals surface area contributed by atoms with E-state index in [4.69, 9.17) is 0 Å². The lowest BCUT2D eigenvalue weighted by atomic mass is 10.1. The minimum absolute atomic E-state index is 0.290. The standard InChI is InChI=1S/C36H30N2O2S2/c1-2-3-4-12-19-37-31-17-10-8-15-25(31)28-22-35-30(21-33(28)37)29-20-27-26-16-9-11-18-32(26)38(34(27)23-36(29)41-35)42(39,40)24-13-6-5-7-14-24/h5-11,13-18,20-23H,2-4,12,19H2,1H3. The number of fused-ring (bicyclic) bond motifs is 9. The summed E-state index contributed by atoms with van der Waals surface area (Å²) in [5.74, 6) is 0. The van der Waals surface area contributed by atoms with E-state index in [2.05, 4.69) is 60.0 Å². The van der Waals surface area contributed by atoms with Crippen molar-refractivity contribution < 1.29 is 8.42 Å². The number of unbranched alkanes of at least 4 members (excludes halogenated alkanes) is 3. The number of thiophene rings is 1. The highest BCUT2D eigenvalue weighted by Gasteiger charge is 2.24. The van der Waals surface area contributed by atoms with E-state index in [0.29, 0.717) is 10.4 Å². The fraction of sp³-hybridized carbons (Fsp3) is 0.167. The van der Waals surface area contributed by atoms with Crippen LogP contribution in [-0.2, 0) is 16.6 Å². The van der Waals surface area contributed by atoms with Crippen molar-refractivity contribution in [1.82, 2.24) is 8.54 Å². The molecule has 0 atom stereocenters. The summed E-state index contributed by atoms with van der Waals surface area (Å²) in [5.41, 5.74) is 3.99. The molecule has 0 radical (unpaired) electrons. The van der Waals surface area contributed by atoms with Crippen LogP contribution in [0.4, 0.5) is 0 Å². The molecular formula is C36H30N2O2S2. The third-order valence-corrected chi connectivity index (χ3v) is 11.5. The van der Waals surface area contributed by atoms with Crippen molar-refractivity contribution in [1.29, 1.82) is 0 Å². The first kappa shape index (κ1) is 25.6. The van der Waals surface area contributed by atoms with Crippen molar-refractivity contribution >= 4 is 85.1 Å². The molecule has 0 amide bonds. The fourth-order valence-electron chi connectivity index (χ4n) is 6.64. The van der Waals surface area contributed by atoms with Crippen LogP contribution in [0.5, 0.6) is 0 Å². The number of hydrogen-bond donors (Lipinski definition) is 0. The third-order valence-electron chi connectivity index (χ3n) is 8.63. The Balaban J connectivity index is 1.41. The van der Waals surface area contributed by atoms with Crippen LogP contribution in [0.1, 0.15) is 32.6 Å². The van der Waals surface area contributed by atoms with Crippen molar-refractivity contribution in [3.63, 3.8) is 0 Å². The number of nitrogens with zero attached hydrogens (tertiary/aromatic N) is 2. The zero-order chi connectivity index (χ0) is 28.4. The molecule has 0 fully saturated rings. The van der Waals surface area contributed by atoms with Gasteiger partial charge in [0.05, 0.1) is 15.9 Å². The van der Waals surface area contributed by atoms with E-state index in [1.807, 2.05) is 30.3 Å². The summed E-state index contributed by atoms with van der Waals surface area (Å²) in [7, 11) is -3.80. The van der Waals surface area contributed by atoms with Crippen LogP contribution < -0.4 is 0 Å². The van der Waals surface area contributed by atoms with Crippen LogP contribution in [0.2, 0.25) is 0 Å². The number of aryl methyl sites for hydroxylation is 1. The zero-order valence-corrected chi connectivity index (χ0v) is 25.0. The van der Waals surface area contributed by atoms with Crippen LogP contribution >= 0.6 is 11.3 Å². The molecule has 0 saturated heterocycles. The van der Waals surface area contributed by atoms with Crippen molar-refractivity contribution in [3.8, 4) is 0 Å². The molecule has 208 valence electrons. The van der Waals surface area contributed by atoms with Gasteiger partial charge in [-0.25, -0.2) is 12.4 Å². The van der Waals surface area contributed by atoms with E-state index in [0.717, 1.165) is 27.5 Å². The number of para-hydroxylation sites is 2. The summed E-state index contributed by atoms with van der Waals surface area (Å²) < 4.78 is 34.4. The molecule has 4 nitrogen and oxygen atoms in total. The smallest absolute Gasteiger partial charge is 0.268 e. The molecule has 0 aliphatic rings. The van der Waals surface area contributed by atoms with Crippen molar-refractivity contribution in [3.05, 3.63) is 103 Å². The minimum Gasteiger partial charge on any atom is -0.340 e. The number of aromatic nitrogens is 2. The third kappa shape index (κ3) is 3.75. The Morgan fingerprint density at radius 1 is 0.571 bits per heavy atom. The van der Waals surface area contributed by atoms with Gasteiger partial charge in [0, 0.05) is 59.3 Å². The number of hydrogen-bond acceptors (Lipinski definition) is 3. The second-order valence-corrected chi connectivity index (χ2v) is 14.0. The summed E-state index contributed by atoms with van der Waals surface area (Å²) in [5, 5.41) is 6.87. The van der Waals surface area contributed by atoms with Gasteiger partial charge in [-0.2, -0.15) is 0 Å². The fourth-order valence-corrected chi connectivity index (χ4v) is 9.32. The average molecular weight is 587 g/mol. The Morgan fingerprint density at radius 3 is 2.00 bits per heavy atom. The summed E-state index contributed by atoms with van der Waals surface area (Å²) in [4.78, 5) is 0.290. The van der Waals surface area contributed by atoms with E-state index >= 15 is 0 Å². The van der Waals surface area contributed by atoms with Gasteiger partial charge in [0.2, 0.25) is 0 Å².